The Morgan fingerprint density at radius 1 is 1.21 bits per heavy atom. The summed E-state index contributed by atoms with van der Waals surface area (Å²) in [7, 11) is 0. The van der Waals surface area contributed by atoms with E-state index in [0.29, 0.717) is 5.75 Å². The molecule has 0 aliphatic heterocycles. The van der Waals surface area contributed by atoms with Crippen LogP contribution in [0.4, 0.5) is 0 Å². The maximum Gasteiger partial charge on any atom is 0.258 e. The van der Waals surface area contributed by atoms with Crippen molar-refractivity contribution in [1.29, 1.82) is 0 Å². The lowest BCUT2D eigenvalue weighted by Gasteiger charge is -2.16. The molecule has 1 aliphatic rings. The molecule has 1 fully saturated rings. The molecule has 0 radical (unpaired) electrons. The fourth-order valence-electron chi connectivity index (χ4n) is 2.42. The molecule has 1 aromatic rings. The summed E-state index contributed by atoms with van der Waals surface area (Å²) >= 11 is 0. The van der Waals surface area contributed by atoms with Gasteiger partial charge in [0.2, 0.25) is 0 Å². The Balaban J connectivity index is 1.76. The number of amides is 1. The molecule has 0 heterocycles. The van der Waals surface area contributed by atoms with E-state index >= 15 is 0 Å². The number of carbonyl (C=O) groups excluding carboxylic acids is 1. The lowest BCUT2D eigenvalue weighted by atomic mass is 10.1. The first-order valence-corrected chi connectivity index (χ1v) is 6.96. The Hall–Kier alpha value is -1.71. The number of rotatable bonds is 4. The second-order valence-corrected chi connectivity index (χ2v) is 5.01. The second kappa shape index (κ2) is 7.02. The summed E-state index contributed by atoms with van der Waals surface area (Å²) in [5, 5.41) is 12.5. The molecule has 2 N–H and O–H groups in total. The lowest BCUT2D eigenvalue weighted by Crippen LogP contribution is -2.37. The van der Waals surface area contributed by atoms with Gasteiger partial charge in [0.15, 0.2) is 18.1 Å². The van der Waals surface area contributed by atoms with Crippen LogP contribution in [0.25, 0.3) is 0 Å². The fraction of sp³-hybridized carbons (Fsp3) is 0.533. The minimum atomic E-state index is -0.116. The fourth-order valence-corrected chi connectivity index (χ4v) is 2.42. The topological polar surface area (TPSA) is 58.6 Å². The highest BCUT2D eigenvalue weighted by Crippen LogP contribution is 2.24. The number of hydrogen-bond donors (Lipinski definition) is 2. The first kappa shape index (κ1) is 13.7. The summed E-state index contributed by atoms with van der Waals surface area (Å²) in [6.07, 6.45) is 7.02. The van der Waals surface area contributed by atoms with Crippen molar-refractivity contribution in [2.75, 3.05) is 6.61 Å². The highest BCUT2D eigenvalue weighted by molar-refractivity contribution is 5.77. The van der Waals surface area contributed by atoms with E-state index in [1.807, 2.05) is 0 Å². The van der Waals surface area contributed by atoms with E-state index in [-0.39, 0.29) is 24.3 Å². The van der Waals surface area contributed by atoms with Gasteiger partial charge in [-0.05, 0) is 25.0 Å². The Morgan fingerprint density at radius 3 is 2.58 bits per heavy atom. The summed E-state index contributed by atoms with van der Waals surface area (Å²) in [6.45, 7) is -0.0475. The van der Waals surface area contributed by atoms with Gasteiger partial charge in [-0.3, -0.25) is 4.79 Å². The van der Waals surface area contributed by atoms with E-state index in [0.717, 1.165) is 12.8 Å². The van der Waals surface area contributed by atoms with Crippen LogP contribution < -0.4 is 10.1 Å². The predicted octanol–water partition coefficient (Wildman–Crippen LogP) is 2.61. The maximum atomic E-state index is 11.8. The standard InChI is InChI=1S/C15H21NO3/c17-13-9-5-6-10-14(13)19-11-15(18)16-12-7-3-1-2-4-8-12/h5-6,9-10,12,17H,1-4,7-8,11H2,(H,16,18). The van der Waals surface area contributed by atoms with Gasteiger partial charge < -0.3 is 15.2 Å². The zero-order valence-electron chi connectivity index (χ0n) is 11.1. The van der Waals surface area contributed by atoms with Crippen molar-refractivity contribution in [2.45, 2.75) is 44.6 Å². The number of ether oxygens (including phenoxy) is 1. The number of nitrogens with one attached hydrogen (secondary N) is 1. The average molecular weight is 263 g/mol. The third kappa shape index (κ3) is 4.47. The Morgan fingerprint density at radius 2 is 1.89 bits per heavy atom. The molecule has 1 saturated carbocycles. The Labute approximate surface area is 113 Å². The van der Waals surface area contributed by atoms with E-state index in [9.17, 15) is 9.90 Å². The lowest BCUT2D eigenvalue weighted by molar-refractivity contribution is -0.123. The molecular formula is C15H21NO3. The molecular weight excluding hydrogens is 242 g/mol. The summed E-state index contributed by atoms with van der Waals surface area (Å²) in [6, 6.07) is 6.95. The molecule has 0 bridgehead atoms. The minimum absolute atomic E-state index is 0.0475. The number of para-hydroxylation sites is 2. The molecule has 1 aliphatic carbocycles. The SMILES string of the molecule is O=C(COc1ccccc1O)NC1CCCCCC1. The molecule has 104 valence electrons. The number of benzene rings is 1. The number of phenols is 1. The van der Waals surface area contributed by atoms with Gasteiger partial charge in [0.25, 0.3) is 5.91 Å². The zero-order valence-corrected chi connectivity index (χ0v) is 11.1. The summed E-state index contributed by atoms with van der Waals surface area (Å²) in [5.41, 5.74) is 0. The van der Waals surface area contributed by atoms with Crippen LogP contribution >= 0.6 is 0 Å². The normalized spacial score (nSPS) is 16.6. The Kier molecular flexibility index (Phi) is 5.07. The van der Waals surface area contributed by atoms with Crippen molar-refractivity contribution in [3.05, 3.63) is 24.3 Å². The molecule has 1 aromatic carbocycles. The molecule has 19 heavy (non-hydrogen) atoms. The third-order valence-electron chi connectivity index (χ3n) is 3.44. The summed E-state index contributed by atoms with van der Waals surface area (Å²) < 4.78 is 5.31. The number of phenolic OH excluding ortho intramolecular Hbond substituents is 1. The van der Waals surface area contributed by atoms with Crippen molar-refractivity contribution in [3.63, 3.8) is 0 Å². The molecule has 0 saturated heterocycles. The monoisotopic (exact) mass is 263 g/mol. The van der Waals surface area contributed by atoms with Gasteiger partial charge in [-0.1, -0.05) is 37.8 Å². The number of aromatic hydroxyl groups is 1. The van der Waals surface area contributed by atoms with Crippen LogP contribution in [0.15, 0.2) is 24.3 Å². The van der Waals surface area contributed by atoms with Crippen molar-refractivity contribution in [3.8, 4) is 11.5 Å². The van der Waals surface area contributed by atoms with Crippen LogP contribution in [-0.2, 0) is 4.79 Å². The maximum absolute atomic E-state index is 11.8. The molecule has 0 atom stereocenters. The van der Waals surface area contributed by atoms with Crippen LogP contribution in [0.1, 0.15) is 38.5 Å². The molecule has 4 heteroatoms. The van der Waals surface area contributed by atoms with Gasteiger partial charge in [0.05, 0.1) is 0 Å². The molecule has 0 aromatic heterocycles. The first-order chi connectivity index (χ1) is 9.25. The quantitative estimate of drug-likeness (QED) is 0.821. The van der Waals surface area contributed by atoms with Crippen molar-refractivity contribution in [2.24, 2.45) is 0 Å². The van der Waals surface area contributed by atoms with Crippen LogP contribution in [-0.4, -0.2) is 23.7 Å². The molecule has 4 nitrogen and oxygen atoms in total. The predicted molar refractivity (Wildman–Crippen MR) is 73.2 cm³/mol. The van der Waals surface area contributed by atoms with E-state index in [1.54, 1.807) is 24.3 Å². The number of hydrogen-bond acceptors (Lipinski definition) is 3. The number of carbonyl (C=O) groups is 1. The van der Waals surface area contributed by atoms with Crippen molar-refractivity contribution in [1.82, 2.24) is 5.32 Å². The first-order valence-electron chi connectivity index (χ1n) is 6.96. The highest BCUT2D eigenvalue weighted by Gasteiger charge is 2.15. The second-order valence-electron chi connectivity index (χ2n) is 5.01. The van der Waals surface area contributed by atoms with Gasteiger partial charge in [0.1, 0.15) is 0 Å². The van der Waals surface area contributed by atoms with Crippen LogP contribution in [0.2, 0.25) is 0 Å². The van der Waals surface area contributed by atoms with E-state index in [2.05, 4.69) is 5.32 Å². The minimum Gasteiger partial charge on any atom is -0.504 e. The molecule has 2 rings (SSSR count). The van der Waals surface area contributed by atoms with Gasteiger partial charge in [0, 0.05) is 6.04 Å². The van der Waals surface area contributed by atoms with Crippen molar-refractivity contribution >= 4 is 5.91 Å². The highest BCUT2D eigenvalue weighted by atomic mass is 16.5. The smallest absolute Gasteiger partial charge is 0.258 e. The molecule has 1 amide bonds. The summed E-state index contributed by atoms with van der Waals surface area (Å²) in [5.74, 6) is 0.290. The van der Waals surface area contributed by atoms with E-state index in [1.165, 1.54) is 25.7 Å². The van der Waals surface area contributed by atoms with Crippen LogP contribution in [0.3, 0.4) is 0 Å². The van der Waals surface area contributed by atoms with E-state index in [4.69, 9.17) is 4.74 Å². The van der Waals surface area contributed by atoms with Gasteiger partial charge in [-0.15, -0.1) is 0 Å². The van der Waals surface area contributed by atoms with Gasteiger partial charge in [-0.25, -0.2) is 0 Å². The van der Waals surface area contributed by atoms with Crippen LogP contribution in [0, 0.1) is 0 Å². The molecule has 0 spiro atoms. The summed E-state index contributed by atoms with van der Waals surface area (Å²) in [4.78, 5) is 11.8. The largest absolute Gasteiger partial charge is 0.504 e. The third-order valence-corrected chi connectivity index (χ3v) is 3.44. The van der Waals surface area contributed by atoms with Crippen molar-refractivity contribution < 1.29 is 14.6 Å². The molecule has 0 unspecified atom stereocenters. The zero-order chi connectivity index (χ0) is 13.5. The van der Waals surface area contributed by atoms with E-state index < -0.39 is 0 Å². The van der Waals surface area contributed by atoms with Gasteiger partial charge in [-0.2, -0.15) is 0 Å². The van der Waals surface area contributed by atoms with Gasteiger partial charge >= 0.3 is 0 Å². The Bertz CT molecular complexity index is 412. The average Bonchev–Trinajstić information content (AvgIpc) is 2.66. The van der Waals surface area contributed by atoms with Crippen LogP contribution in [0.5, 0.6) is 11.5 Å².